The van der Waals surface area contributed by atoms with E-state index < -0.39 is 21.7 Å². The lowest BCUT2D eigenvalue weighted by Crippen LogP contribution is -2.24. The van der Waals surface area contributed by atoms with Crippen LogP contribution in [-0.2, 0) is 16.6 Å². The minimum atomic E-state index is -4.09. The highest BCUT2D eigenvalue weighted by atomic mass is 32.2. The fraction of sp³-hybridized carbons (Fsp3) is 0.0952. The molecule has 0 radical (unpaired) electrons. The zero-order valence-corrected chi connectivity index (χ0v) is 16.3. The molecule has 29 heavy (non-hydrogen) atoms. The van der Waals surface area contributed by atoms with E-state index in [0.29, 0.717) is 11.1 Å². The van der Waals surface area contributed by atoms with Crippen molar-refractivity contribution in [2.75, 3.05) is 4.72 Å². The lowest BCUT2D eigenvalue weighted by molar-refractivity contribution is 0.0950. The highest BCUT2D eigenvalue weighted by Crippen LogP contribution is 2.21. The third-order valence-corrected chi connectivity index (χ3v) is 5.61. The van der Waals surface area contributed by atoms with Gasteiger partial charge in [-0.2, -0.15) is 0 Å². The van der Waals surface area contributed by atoms with Gasteiger partial charge in [-0.05, 0) is 54.4 Å². The van der Waals surface area contributed by atoms with E-state index in [0.717, 1.165) is 6.07 Å². The maximum atomic E-state index is 13.8. The van der Waals surface area contributed by atoms with E-state index in [9.17, 15) is 22.0 Å². The maximum Gasteiger partial charge on any atom is 0.262 e. The molecule has 0 saturated carbocycles. The summed E-state index contributed by atoms with van der Waals surface area (Å²) in [5, 5.41) is 2.68. The first-order valence-corrected chi connectivity index (χ1v) is 10.2. The fourth-order valence-corrected chi connectivity index (χ4v) is 3.73. The second-order valence-corrected chi connectivity index (χ2v) is 8.05. The van der Waals surface area contributed by atoms with Crippen molar-refractivity contribution in [3.05, 3.63) is 95.1 Å². The molecule has 5 nitrogen and oxygen atoms in total. The molecule has 0 bridgehead atoms. The lowest BCUT2D eigenvalue weighted by Gasteiger charge is -2.12. The monoisotopic (exact) mass is 416 g/mol. The number of hydrogen-bond donors (Lipinski definition) is 2. The van der Waals surface area contributed by atoms with Gasteiger partial charge >= 0.3 is 0 Å². The van der Waals surface area contributed by atoms with Gasteiger partial charge in [0.1, 0.15) is 11.6 Å². The van der Waals surface area contributed by atoms with Crippen LogP contribution in [0.3, 0.4) is 0 Å². The number of carbonyl (C=O) groups excluding carboxylic acids is 1. The van der Waals surface area contributed by atoms with Gasteiger partial charge in [0.25, 0.3) is 15.9 Å². The fourth-order valence-electron chi connectivity index (χ4n) is 2.64. The smallest absolute Gasteiger partial charge is 0.262 e. The van der Waals surface area contributed by atoms with Crippen molar-refractivity contribution < 1.29 is 22.0 Å². The number of rotatable bonds is 6. The molecule has 3 rings (SSSR count). The molecule has 0 aromatic heterocycles. The van der Waals surface area contributed by atoms with E-state index in [1.54, 1.807) is 19.1 Å². The van der Waals surface area contributed by atoms with Crippen LogP contribution in [0.25, 0.3) is 0 Å². The Morgan fingerprint density at radius 3 is 2.34 bits per heavy atom. The van der Waals surface area contributed by atoms with Crippen LogP contribution in [0.4, 0.5) is 14.5 Å². The van der Waals surface area contributed by atoms with Crippen LogP contribution in [0.5, 0.6) is 0 Å². The minimum Gasteiger partial charge on any atom is -0.348 e. The summed E-state index contributed by atoms with van der Waals surface area (Å²) in [5.41, 5.74) is 1.26. The zero-order valence-electron chi connectivity index (χ0n) is 15.4. The number of halogens is 2. The van der Waals surface area contributed by atoms with Gasteiger partial charge in [0.15, 0.2) is 0 Å². The SMILES string of the molecule is Cc1ccc(S(=O)(=O)Nc2ccccc2F)cc1C(=O)NCc1ccc(F)cc1. The normalized spacial score (nSPS) is 11.1. The molecule has 1 amide bonds. The maximum absolute atomic E-state index is 13.8. The molecule has 3 aromatic carbocycles. The Balaban J connectivity index is 1.80. The third-order valence-electron chi connectivity index (χ3n) is 4.25. The van der Waals surface area contributed by atoms with Crippen molar-refractivity contribution in [2.45, 2.75) is 18.4 Å². The Kier molecular flexibility index (Phi) is 5.93. The highest BCUT2D eigenvalue weighted by Gasteiger charge is 2.19. The molecule has 0 atom stereocenters. The summed E-state index contributed by atoms with van der Waals surface area (Å²) in [5.74, 6) is -1.56. The zero-order chi connectivity index (χ0) is 21.0. The number of nitrogens with one attached hydrogen (secondary N) is 2. The van der Waals surface area contributed by atoms with Gasteiger partial charge in [-0.3, -0.25) is 9.52 Å². The van der Waals surface area contributed by atoms with Crippen molar-refractivity contribution in [3.8, 4) is 0 Å². The number of anilines is 1. The number of carbonyl (C=O) groups is 1. The van der Waals surface area contributed by atoms with Crippen LogP contribution < -0.4 is 10.0 Å². The number of benzene rings is 3. The van der Waals surface area contributed by atoms with Crippen LogP contribution in [0.2, 0.25) is 0 Å². The standard InChI is InChI=1S/C21H18F2N2O3S/c1-14-6-11-17(29(27,28)25-20-5-3-2-4-19(20)23)12-18(14)21(26)24-13-15-7-9-16(22)10-8-15/h2-12,25H,13H2,1H3,(H,24,26). The molecule has 150 valence electrons. The Labute approximate surface area is 167 Å². The number of sulfonamides is 1. The molecule has 0 aliphatic heterocycles. The highest BCUT2D eigenvalue weighted by molar-refractivity contribution is 7.92. The molecule has 0 aliphatic carbocycles. The Morgan fingerprint density at radius 1 is 0.966 bits per heavy atom. The van der Waals surface area contributed by atoms with Gasteiger partial charge in [0.2, 0.25) is 0 Å². The molecule has 0 spiro atoms. The number of amides is 1. The van der Waals surface area contributed by atoms with E-state index >= 15 is 0 Å². The number of hydrogen-bond acceptors (Lipinski definition) is 3. The number of aryl methyl sites for hydroxylation is 1. The van der Waals surface area contributed by atoms with Crippen molar-refractivity contribution in [2.24, 2.45) is 0 Å². The van der Waals surface area contributed by atoms with E-state index in [1.165, 1.54) is 48.5 Å². The molecular weight excluding hydrogens is 398 g/mol. The summed E-state index contributed by atoms with van der Waals surface area (Å²) in [4.78, 5) is 12.4. The van der Waals surface area contributed by atoms with Gasteiger partial charge < -0.3 is 5.32 Å². The quantitative estimate of drug-likeness (QED) is 0.638. The Bertz CT molecular complexity index is 1150. The summed E-state index contributed by atoms with van der Waals surface area (Å²) < 4.78 is 54.1. The van der Waals surface area contributed by atoms with E-state index in [4.69, 9.17) is 0 Å². The first kappa shape index (κ1) is 20.5. The lowest BCUT2D eigenvalue weighted by atomic mass is 10.1. The van der Waals surface area contributed by atoms with Gasteiger partial charge in [-0.25, -0.2) is 17.2 Å². The van der Waals surface area contributed by atoms with E-state index in [2.05, 4.69) is 10.0 Å². The van der Waals surface area contributed by atoms with Gasteiger partial charge in [-0.1, -0.05) is 30.3 Å². The van der Waals surface area contributed by atoms with Gasteiger partial charge in [-0.15, -0.1) is 0 Å². The summed E-state index contributed by atoms with van der Waals surface area (Å²) >= 11 is 0. The Hall–Kier alpha value is -3.26. The van der Waals surface area contributed by atoms with E-state index in [1.807, 2.05) is 0 Å². The minimum absolute atomic E-state index is 0.156. The van der Waals surface area contributed by atoms with Crippen LogP contribution in [0.1, 0.15) is 21.5 Å². The molecule has 0 heterocycles. The first-order valence-electron chi connectivity index (χ1n) is 8.67. The van der Waals surface area contributed by atoms with Gasteiger partial charge in [0.05, 0.1) is 10.6 Å². The predicted octanol–water partition coefficient (Wildman–Crippen LogP) is 4.00. The van der Waals surface area contributed by atoms with Crippen LogP contribution in [0.15, 0.2) is 71.6 Å². The first-order chi connectivity index (χ1) is 13.8. The van der Waals surface area contributed by atoms with E-state index in [-0.39, 0.29) is 28.5 Å². The topological polar surface area (TPSA) is 75.3 Å². The van der Waals surface area contributed by atoms with Crippen molar-refractivity contribution >= 4 is 21.6 Å². The van der Waals surface area contributed by atoms with Crippen LogP contribution >= 0.6 is 0 Å². The molecule has 2 N–H and O–H groups in total. The van der Waals surface area contributed by atoms with Crippen molar-refractivity contribution in [1.82, 2.24) is 5.32 Å². The second-order valence-electron chi connectivity index (χ2n) is 6.37. The van der Waals surface area contributed by atoms with Crippen LogP contribution in [0, 0.1) is 18.6 Å². The van der Waals surface area contributed by atoms with Crippen molar-refractivity contribution in [1.29, 1.82) is 0 Å². The third kappa shape index (κ3) is 4.97. The Morgan fingerprint density at radius 2 is 1.66 bits per heavy atom. The summed E-state index contributed by atoms with van der Waals surface area (Å²) in [7, 11) is -4.09. The van der Waals surface area contributed by atoms with Gasteiger partial charge in [0, 0.05) is 12.1 Å². The summed E-state index contributed by atoms with van der Waals surface area (Å²) in [6, 6.07) is 15.1. The molecule has 0 fully saturated rings. The average Bonchev–Trinajstić information content (AvgIpc) is 2.69. The summed E-state index contributed by atoms with van der Waals surface area (Å²) in [6.45, 7) is 1.83. The molecule has 0 saturated heterocycles. The largest absolute Gasteiger partial charge is 0.348 e. The molecule has 0 unspecified atom stereocenters. The second kappa shape index (κ2) is 8.40. The number of para-hydroxylation sites is 1. The predicted molar refractivity (Wildman–Crippen MR) is 106 cm³/mol. The summed E-state index contributed by atoms with van der Waals surface area (Å²) in [6.07, 6.45) is 0. The van der Waals surface area contributed by atoms with Crippen molar-refractivity contribution in [3.63, 3.8) is 0 Å². The average molecular weight is 416 g/mol. The molecule has 0 aliphatic rings. The van der Waals surface area contributed by atoms with Crippen LogP contribution in [-0.4, -0.2) is 14.3 Å². The molecule has 8 heteroatoms. The molecule has 3 aromatic rings. The molecular formula is C21H18F2N2O3S.